The number of sulfonamides is 1. The van der Waals surface area contributed by atoms with Crippen molar-refractivity contribution in [2.75, 3.05) is 19.5 Å². The van der Waals surface area contributed by atoms with Crippen molar-refractivity contribution in [3.05, 3.63) is 74.6 Å². The quantitative estimate of drug-likeness (QED) is 0.261. The lowest BCUT2D eigenvalue weighted by Crippen LogP contribution is -2.23. The molecule has 1 N–H and O–H groups in total. The van der Waals surface area contributed by atoms with Gasteiger partial charge in [0, 0.05) is 57.3 Å². The molecule has 3 aromatic rings. The zero-order valence-electron chi connectivity index (χ0n) is 18.1. The van der Waals surface area contributed by atoms with E-state index in [-0.39, 0.29) is 16.3 Å². The summed E-state index contributed by atoms with van der Waals surface area (Å²) in [6.07, 6.45) is 4.59. The first-order valence-corrected chi connectivity index (χ1v) is 11.7. The Hall–Kier alpha value is -3.82. The maximum atomic E-state index is 12.6. The first kappa shape index (κ1) is 24.8. The van der Waals surface area contributed by atoms with Crippen LogP contribution in [-0.2, 0) is 17.1 Å². The Labute approximate surface area is 198 Å². The number of rotatable bonds is 9. The number of anilines is 1. The Balaban J connectivity index is 1.89. The van der Waals surface area contributed by atoms with Crippen molar-refractivity contribution in [2.45, 2.75) is 14.9 Å². The molecule has 0 saturated carbocycles. The van der Waals surface area contributed by atoms with Crippen LogP contribution in [0, 0.1) is 20.2 Å². The molecule has 2 aromatic carbocycles. The van der Waals surface area contributed by atoms with Crippen molar-refractivity contribution in [1.82, 2.24) is 13.9 Å². The summed E-state index contributed by atoms with van der Waals surface area (Å²) in [5.41, 5.74) is 2.39. The Bertz CT molecular complexity index is 1390. The molecule has 0 spiro atoms. The number of nitro benzene ring substituents is 2. The number of non-ortho nitro benzene ring substituents is 1. The van der Waals surface area contributed by atoms with Crippen LogP contribution in [0.4, 0.5) is 17.1 Å². The number of hydrazone groups is 1. The number of imidazole rings is 1. The first-order valence-electron chi connectivity index (χ1n) is 9.44. The molecule has 0 saturated heterocycles. The van der Waals surface area contributed by atoms with E-state index in [1.807, 2.05) is 0 Å². The van der Waals surface area contributed by atoms with Gasteiger partial charge in [-0.05, 0) is 23.9 Å². The highest BCUT2D eigenvalue weighted by molar-refractivity contribution is 7.99. The van der Waals surface area contributed by atoms with Gasteiger partial charge in [-0.2, -0.15) is 5.10 Å². The molecule has 3 rings (SSSR count). The third kappa shape index (κ3) is 5.38. The zero-order valence-corrected chi connectivity index (χ0v) is 19.8. The summed E-state index contributed by atoms with van der Waals surface area (Å²) < 4.78 is 27.9. The number of hydrogen-bond acceptors (Lipinski definition) is 10. The van der Waals surface area contributed by atoms with Gasteiger partial charge in [-0.15, -0.1) is 0 Å². The van der Waals surface area contributed by atoms with Crippen LogP contribution < -0.4 is 5.43 Å². The van der Waals surface area contributed by atoms with Crippen LogP contribution in [0.3, 0.4) is 0 Å². The fourth-order valence-corrected chi connectivity index (χ4v) is 4.64. The van der Waals surface area contributed by atoms with E-state index in [0.717, 1.165) is 28.2 Å². The minimum atomic E-state index is -4.02. The maximum absolute atomic E-state index is 12.6. The van der Waals surface area contributed by atoms with Gasteiger partial charge in [0.05, 0.1) is 26.6 Å². The van der Waals surface area contributed by atoms with E-state index in [4.69, 9.17) is 0 Å². The second-order valence-corrected chi connectivity index (χ2v) is 10.1. The molecule has 0 bridgehead atoms. The van der Waals surface area contributed by atoms with Gasteiger partial charge in [0.1, 0.15) is 4.90 Å². The molecule has 1 aromatic heterocycles. The minimum absolute atomic E-state index is 0.00649. The van der Waals surface area contributed by atoms with E-state index < -0.39 is 25.6 Å². The fraction of sp³-hybridized carbons (Fsp3) is 0.158. The van der Waals surface area contributed by atoms with Crippen molar-refractivity contribution < 1.29 is 18.3 Å². The van der Waals surface area contributed by atoms with Crippen molar-refractivity contribution in [3.63, 3.8) is 0 Å². The molecular weight excluding hydrogens is 486 g/mol. The van der Waals surface area contributed by atoms with Crippen LogP contribution in [0.15, 0.2) is 68.8 Å². The molecule has 0 unspecified atom stereocenters. The van der Waals surface area contributed by atoms with Crippen LogP contribution in [0.25, 0.3) is 0 Å². The number of benzene rings is 2. The van der Waals surface area contributed by atoms with E-state index in [1.54, 1.807) is 36.1 Å². The van der Waals surface area contributed by atoms with Crippen LogP contribution in [0.5, 0.6) is 0 Å². The van der Waals surface area contributed by atoms with Gasteiger partial charge in [0.2, 0.25) is 10.0 Å². The van der Waals surface area contributed by atoms with Crippen LogP contribution in [0.2, 0.25) is 0 Å². The molecule has 0 amide bonds. The third-order valence-electron chi connectivity index (χ3n) is 4.49. The Kier molecular flexibility index (Phi) is 7.29. The number of aromatic nitrogens is 2. The lowest BCUT2D eigenvalue weighted by Gasteiger charge is -2.14. The molecule has 0 radical (unpaired) electrons. The SMILES string of the molecule is CN(C)S(=O)(=O)c1cc([N+](=O)[O-])ccc1N/N=C\c1ccc(Sc2nccn2C)c([N+](=O)[O-])c1. The predicted octanol–water partition coefficient (Wildman–Crippen LogP) is 3.08. The van der Waals surface area contributed by atoms with Gasteiger partial charge < -0.3 is 4.57 Å². The van der Waals surface area contributed by atoms with Crippen LogP contribution in [-0.4, -0.2) is 52.4 Å². The summed E-state index contributed by atoms with van der Waals surface area (Å²) in [5, 5.41) is 27.2. The molecule has 0 aliphatic carbocycles. The van der Waals surface area contributed by atoms with Gasteiger partial charge in [0.25, 0.3) is 11.4 Å². The summed E-state index contributed by atoms with van der Waals surface area (Å²) in [7, 11) is 0.349. The largest absolute Gasteiger partial charge is 0.329 e. The summed E-state index contributed by atoms with van der Waals surface area (Å²) in [4.78, 5) is 25.6. The molecule has 0 aliphatic heterocycles. The summed E-state index contributed by atoms with van der Waals surface area (Å²) in [5.74, 6) is 0. The highest BCUT2D eigenvalue weighted by Crippen LogP contribution is 2.34. The summed E-state index contributed by atoms with van der Waals surface area (Å²) in [6, 6.07) is 7.79. The topological polar surface area (TPSA) is 166 Å². The van der Waals surface area contributed by atoms with E-state index in [1.165, 1.54) is 32.4 Å². The normalized spacial score (nSPS) is 11.8. The second-order valence-electron chi connectivity index (χ2n) is 7.00. The van der Waals surface area contributed by atoms with Crippen LogP contribution >= 0.6 is 11.8 Å². The number of aryl methyl sites for hydroxylation is 1. The van der Waals surface area contributed by atoms with Crippen molar-refractivity contribution in [2.24, 2.45) is 12.1 Å². The third-order valence-corrected chi connectivity index (χ3v) is 7.49. The van der Waals surface area contributed by atoms with Crippen molar-refractivity contribution in [1.29, 1.82) is 0 Å². The minimum Gasteiger partial charge on any atom is -0.329 e. The fourth-order valence-electron chi connectivity index (χ4n) is 2.70. The molecule has 13 nitrogen and oxygen atoms in total. The van der Waals surface area contributed by atoms with E-state index in [9.17, 15) is 28.6 Å². The lowest BCUT2D eigenvalue weighted by molar-refractivity contribution is -0.387. The standard InChI is InChI=1S/C19H19N7O6S2/c1-23(2)34(31,32)18-11-14(25(27)28)5-6-15(18)22-21-12-13-4-7-17(16(10-13)26(29)30)33-19-20-8-9-24(19)3/h4-12,22H,1-3H3/b21-12-. The van der Waals surface area contributed by atoms with Crippen LogP contribution in [0.1, 0.15) is 5.56 Å². The van der Waals surface area contributed by atoms with Gasteiger partial charge >= 0.3 is 0 Å². The smallest absolute Gasteiger partial charge is 0.283 e. The van der Waals surface area contributed by atoms with Crippen molar-refractivity contribution in [3.8, 4) is 0 Å². The lowest BCUT2D eigenvalue weighted by atomic mass is 10.2. The monoisotopic (exact) mass is 505 g/mol. The Morgan fingerprint density at radius 2 is 1.88 bits per heavy atom. The number of nitrogens with zero attached hydrogens (tertiary/aromatic N) is 6. The van der Waals surface area contributed by atoms with E-state index in [0.29, 0.717) is 15.6 Å². The number of hydrogen-bond donors (Lipinski definition) is 1. The molecule has 15 heteroatoms. The number of nitro groups is 2. The van der Waals surface area contributed by atoms with E-state index >= 15 is 0 Å². The molecule has 0 atom stereocenters. The molecule has 0 aliphatic rings. The molecule has 178 valence electrons. The Morgan fingerprint density at radius 3 is 2.47 bits per heavy atom. The van der Waals surface area contributed by atoms with Gasteiger partial charge in [-0.1, -0.05) is 6.07 Å². The summed E-state index contributed by atoms with van der Waals surface area (Å²) >= 11 is 1.14. The van der Waals surface area contributed by atoms with Crippen molar-refractivity contribution >= 4 is 45.1 Å². The van der Waals surface area contributed by atoms with Gasteiger partial charge in [-0.25, -0.2) is 17.7 Å². The average Bonchev–Trinajstić information content (AvgIpc) is 3.18. The highest BCUT2D eigenvalue weighted by Gasteiger charge is 2.24. The van der Waals surface area contributed by atoms with Gasteiger partial charge in [0.15, 0.2) is 5.16 Å². The zero-order chi connectivity index (χ0) is 25.0. The Morgan fingerprint density at radius 1 is 1.15 bits per heavy atom. The molecule has 0 fully saturated rings. The second kappa shape index (κ2) is 9.98. The van der Waals surface area contributed by atoms with Gasteiger partial charge in [-0.3, -0.25) is 25.7 Å². The summed E-state index contributed by atoms with van der Waals surface area (Å²) in [6.45, 7) is 0. The molecule has 34 heavy (non-hydrogen) atoms. The first-order chi connectivity index (χ1) is 16.0. The van der Waals surface area contributed by atoms with E-state index in [2.05, 4.69) is 15.5 Å². The average molecular weight is 506 g/mol. The maximum Gasteiger partial charge on any atom is 0.283 e. The number of nitrogens with one attached hydrogen (secondary N) is 1. The predicted molar refractivity (Wildman–Crippen MR) is 126 cm³/mol. The molecular formula is C19H19N7O6S2. The highest BCUT2D eigenvalue weighted by atomic mass is 32.2. The molecule has 1 heterocycles.